The van der Waals surface area contributed by atoms with E-state index in [2.05, 4.69) is 5.32 Å². The first-order valence-electron chi connectivity index (χ1n) is 13.2. The first-order chi connectivity index (χ1) is 19.1. The zero-order valence-electron chi connectivity index (χ0n) is 22.9. The van der Waals surface area contributed by atoms with Gasteiger partial charge in [-0.1, -0.05) is 85.4 Å². The number of halogens is 2. The number of unbranched alkanes of at least 4 members (excludes halogenated alkanes) is 1. The van der Waals surface area contributed by atoms with E-state index in [-0.39, 0.29) is 17.3 Å². The molecule has 0 aromatic heterocycles. The second-order valence-corrected chi connectivity index (χ2v) is 12.2. The molecule has 40 heavy (non-hydrogen) atoms. The molecule has 2 amide bonds. The fourth-order valence-corrected chi connectivity index (χ4v) is 6.12. The number of hydrogen-bond acceptors (Lipinski definition) is 4. The molecule has 0 heterocycles. The van der Waals surface area contributed by atoms with Crippen LogP contribution in [0.2, 0.25) is 10.0 Å². The fourth-order valence-electron chi connectivity index (χ4n) is 4.22. The van der Waals surface area contributed by atoms with Gasteiger partial charge < -0.3 is 10.2 Å². The number of benzene rings is 3. The standard InChI is InChI=1S/C30H35Cl2N3O4S/c1-4-6-18-33-30(37)28(5-2)34(20-23-14-15-24(31)19-27(23)32)29(36)21-35(25-16-12-22(3)13-17-25)40(38,39)26-10-8-7-9-11-26/h7-17,19,28H,4-6,18,20-21H2,1-3H3,(H,33,37)/t28-/m1/s1. The fraction of sp³-hybridized carbons (Fsp3) is 0.333. The van der Waals surface area contributed by atoms with Crippen molar-refractivity contribution in [2.75, 3.05) is 17.4 Å². The number of nitrogens with zero attached hydrogens (tertiary/aromatic N) is 2. The summed E-state index contributed by atoms with van der Waals surface area (Å²) >= 11 is 12.5. The van der Waals surface area contributed by atoms with Gasteiger partial charge in [-0.2, -0.15) is 0 Å². The van der Waals surface area contributed by atoms with E-state index in [0.29, 0.717) is 34.3 Å². The molecule has 0 saturated heterocycles. The Morgan fingerprint density at radius 1 is 0.950 bits per heavy atom. The Bertz CT molecular complexity index is 1400. The predicted molar refractivity (Wildman–Crippen MR) is 161 cm³/mol. The maximum Gasteiger partial charge on any atom is 0.264 e. The lowest BCUT2D eigenvalue weighted by Crippen LogP contribution is -2.52. The molecular formula is C30H35Cl2N3O4S. The Morgan fingerprint density at radius 3 is 2.23 bits per heavy atom. The van der Waals surface area contributed by atoms with Crippen LogP contribution in [0.4, 0.5) is 5.69 Å². The monoisotopic (exact) mass is 603 g/mol. The number of amides is 2. The largest absolute Gasteiger partial charge is 0.354 e. The van der Waals surface area contributed by atoms with Crippen LogP contribution in [0.5, 0.6) is 0 Å². The summed E-state index contributed by atoms with van der Waals surface area (Å²) in [6, 6.07) is 19.0. The van der Waals surface area contributed by atoms with Crippen LogP contribution in [-0.2, 0) is 26.2 Å². The minimum atomic E-state index is -4.11. The van der Waals surface area contributed by atoms with Crippen molar-refractivity contribution in [1.82, 2.24) is 10.2 Å². The van der Waals surface area contributed by atoms with E-state index in [1.54, 1.807) is 60.7 Å². The van der Waals surface area contributed by atoms with E-state index < -0.39 is 28.5 Å². The average molecular weight is 605 g/mol. The Hall–Kier alpha value is -3.07. The highest BCUT2D eigenvalue weighted by Gasteiger charge is 2.33. The van der Waals surface area contributed by atoms with E-state index in [1.165, 1.54) is 17.0 Å². The summed E-state index contributed by atoms with van der Waals surface area (Å²) in [6.07, 6.45) is 2.03. The second-order valence-electron chi connectivity index (χ2n) is 9.49. The Morgan fingerprint density at radius 2 is 1.62 bits per heavy atom. The normalized spacial score (nSPS) is 12.0. The predicted octanol–water partition coefficient (Wildman–Crippen LogP) is 6.22. The molecule has 0 aliphatic rings. The number of nitrogens with one attached hydrogen (secondary N) is 1. The van der Waals surface area contributed by atoms with E-state index >= 15 is 0 Å². The molecule has 0 spiro atoms. The molecule has 0 unspecified atom stereocenters. The van der Waals surface area contributed by atoms with Gasteiger partial charge in [0.15, 0.2) is 0 Å². The zero-order chi connectivity index (χ0) is 29.3. The van der Waals surface area contributed by atoms with Crippen LogP contribution in [0.15, 0.2) is 77.7 Å². The van der Waals surface area contributed by atoms with Crippen LogP contribution in [0.3, 0.4) is 0 Å². The first-order valence-corrected chi connectivity index (χ1v) is 15.4. The quantitative estimate of drug-likeness (QED) is 0.235. The van der Waals surface area contributed by atoms with Crippen molar-refractivity contribution in [3.05, 3.63) is 94.0 Å². The van der Waals surface area contributed by atoms with Gasteiger partial charge in [0.05, 0.1) is 10.6 Å². The molecule has 3 aromatic carbocycles. The van der Waals surface area contributed by atoms with Crippen LogP contribution >= 0.6 is 23.2 Å². The molecular weight excluding hydrogens is 569 g/mol. The highest BCUT2D eigenvalue weighted by molar-refractivity contribution is 7.92. The summed E-state index contributed by atoms with van der Waals surface area (Å²) in [4.78, 5) is 28.8. The number of carbonyl (C=O) groups is 2. The Labute approximate surface area is 247 Å². The lowest BCUT2D eigenvalue weighted by Gasteiger charge is -2.33. The van der Waals surface area contributed by atoms with Crippen LogP contribution < -0.4 is 9.62 Å². The van der Waals surface area contributed by atoms with Crippen molar-refractivity contribution in [2.45, 2.75) is 57.5 Å². The molecule has 214 valence electrons. The van der Waals surface area contributed by atoms with Crippen LogP contribution in [-0.4, -0.2) is 44.3 Å². The van der Waals surface area contributed by atoms with Crippen molar-refractivity contribution in [1.29, 1.82) is 0 Å². The summed E-state index contributed by atoms with van der Waals surface area (Å²) in [7, 11) is -4.11. The number of sulfonamides is 1. The third-order valence-corrected chi connectivity index (χ3v) is 8.88. The summed E-state index contributed by atoms with van der Waals surface area (Å²) in [5.74, 6) is -0.842. The third-order valence-electron chi connectivity index (χ3n) is 6.50. The topological polar surface area (TPSA) is 86.8 Å². The van der Waals surface area contributed by atoms with Gasteiger partial charge >= 0.3 is 0 Å². The molecule has 0 aliphatic heterocycles. The van der Waals surface area contributed by atoms with Crippen LogP contribution in [0.25, 0.3) is 0 Å². The van der Waals surface area contributed by atoms with Gasteiger partial charge in [-0.15, -0.1) is 0 Å². The Balaban J connectivity index is 2.04. The molecule has 1 atom stereocenters. The van der Waals surface area contributed by atoms with Gasteiger partial charge in [-0.3, -0.25) is 13.9 Å². The second kappa shape index (κ2) is 14.5. The summed E-state index contributed by atoms with van der Waals surface area (Å²) < 4.78 is 28.7. The smallest absolute Gasteiger partial charge is 0.264 e. The van der Waals surface area contributed by atoms with Crippen molar-refractivity contribution in [3.8, 4) is 0 Å². The highest BCUT2D eigenvalue weighted by Crippen LogP contribution is 2.27. The SMILES string of the molecule is CCCCNC(=O)[C@@H](CC)N(Cc1ccc(Cl)cc1Cl)C(=O)CN(c1ccc(C)cc1)S(=O)(=O)c1ccccc1. The van der Waals surface area contributed by atoms with Crippen molar-refractivity contribution in [2.24, 2.45) is 0 Å². The number of aryl methyl sites for hydroxylation is 1. The van der Waals surface area contributed by atoms with Crippen molar-refractivity contribution < 1.29 is 18.0 Å². The van der Waals surface area contributed by atoms with E-state index in [9.17, 15) is 18.0 Å². The molecule has 10 heteroatoms. The van der Waals surface area contributed by atoms with E-state index in [0.717, 1.165) is 22.7 Å². The average Bonchev–Trinajstić information content (AvgIpc) is 2.93. The van der Waals surface area contributed by atoms with Crippen molar-refractivity contribution in [3.63, 3.8) is 0 Å². The molecule has 0 fully saturated rings. The lowest BCUT2D eigenvalue weighted by molar-refractivity contribution is -0.140. The van der Waals surface area contributed by atoms with Crippen LogP contribution in [0, 0.1) is 6.92 Å². The maximum atomic E-state index is 14.1. The van der Waals surface area contributed by atoms with Gasteiger partial charge in [0.2, 0.25) is 11.8 Å². The number of carbonyl (C=O) groups excluding carboxylic acids is 2. The molecule has 3 rings (SSSR count). The summed E-state index contributed by atoms with van der Waals surface area (Å²) in [5.41, 5.74) is 1.88. The minimum Gasteiger partial charge on any atom is -0.354 e. The molecule has 0 aliphatic carbocycles. The van der Waals surface area contributed by atoms with E-state index in [4.69, 9.17) is 23.2 Å². The van der Waals surface area contributed by atoms with Crippen molar-refractivity contribution >= 4 is 50.7 Å². The van der Waals surface area contributed by atoms with Gasteiger partial charge in [-0.25, -0.2) is 8.42 Å². The minimum absolute atomic E-state index is 0.00165. The first kappa shape index (κ1) is 31.5. The summed E-state index contributed by atoms with van der Waals surface area (Å²) in [6.45, 7) is 5.70. The van der Waals surface area contributed by atoms with Crippen LogP contribution in [0.1, 0.15) is 44.2 Å². The van der Waals surface area contributed by atoms with E-state index in [1.807, 2.05) is 20.8 Å². The number of rotatable bonds is 13. The molecule has 0 radical (unpaired) electrons. The molecule has 0 bridgehead atoms. The summed E-state index contributed by atoms with van der Waals surface area (Å²) in [5, 5.41) is 3.69. The van der Waals surface area contributed by atoms with Gasteiger partial charge in [0.1, 0.15) is 12.6 Å². The zero-order valence-corrected chi connectivity index (χ0v) is 25.3. The molecule has 0 saturated carbocycles. The lowest BCUT2D eigenvalue weighted by atomic mass is 10.1. The van der Waals surface area contributed by atoms with Gasteiger partial charge in [0.25, 0.3) is 10.0 Å². The number of hydrogen-bond donors (Lipinski definition) is 1. The molecule has 1 N–H and O–H groups in total. The molecule has 3 aromatic rings. The number of anilines is 1. The third kappa shape index (κ3) is 7.99. The van der Waals surface area contributed by atoms with Gasteiger partial charge in [-0.05, 0) is 61.7 Å². The maximum absolute atomic E-state index is 14.1. The Kier molecular flexibility index (Phi) is 11.4. The highest BCUT2D eigenvalue weighted by atomic mass is 35.5. The van der Waals surface area contributed by atoms with Gasteiger partial charge in [0, 0.05) is 23.1 Å². The molecule has 7 nitrogen and oxygen atoms in total.